The smallest absolute Gasteiger partial charge is 0.123 e. The molecule has 0 radical (unpaired) electrons. The van der Waals surface area contributed by atoms with E-state index in [1.807, 2.05) is 0 Å². The summed E-state index contributed by atoms with van der Waals surface area (Å²) in [6.07, 6.45) is 0. The molecule has 4 heteroatoms. The van der Waals surface area contributed by atoms with Crippen LogP contribution in [0.25, 0.3) is 0 Å². The normalized spacial score (nSPS) is 11.0. The molecule has 0 heterocycles. The van der Waals surface area contributed by atoms with E-state index in [0.29, 0.717) is 11.6 Å². The molecule has 0 aliphatic rings. The molecule has 1 nitrogen and oxygen atoms in total. The van der Waals surface area contributed by atoms with E-state index in [2.05, 4.69) is 27.8 Å². The first-order chi connectivity index (χ1) is 7.17. The number of nitrogens with zero attached hydrogens (tertiary/aromatic N) is 1. The molecule has 0 atom stereocenters. The summed E-state index contributed by atoms with van der Waals surface area (Å²) in [5.74, 6) is -0.232. The number of rotatable bonds is 5. The van der Waals surface area contributed by atoms with Crippen LogP contribution in [0.5, 0.6) is 0 Å². The fourth-order valence-electron chi connectivity index (χ4n) is 1.37. The lowest BCUT2D eigenvalue weighted by molar-refractivity contribution is 0.299. The Morgan fingerprint density at radius 2 is 2.20 bits per heavy atom. The Morgan fingerprint density at radius 1 is 1.47 bits per heavy atom. The lowest BCUT2D eigenvalue weighted by Gasteiger charge is -2.19. The van der Waals surface area contributed by atoms with E-state index in [1.54, 1.807) is 6.07 Å². The average Bonchev–Trinajstić information content (AvgIpc) is 2.22. The Hall–Kier alpha value is -0.120. The van der Waals surface area contributed by atoms with Crippen LogP contribution in [0.1, 0.15) is 12.5 Å². The Bertz CT molecular complexity index is 319. The molecule has 0 spiro atoms. The van der Waals surface area contributed by atoms with Crippen molar-refractivity contribution >= 4 is 27.5 Å². The minimum Gasteiger partial charge on any atom is -0.298 e. The van der Waals surface area contributed by atoms with Crippen LogP contribution in [0.2, 0.25) is 5.02 Å². The Balaban J connectivity index is 2.73. The SMILES string of the molecule is CCN(CCBr)Cc1cc(F)ccc1Cl. The minimum atomic E-state index is -0.232. The summed E-state index contributed by atoms with van der Waals surface area (Å²) in [4.78, 5) is 2.20. The molecule has 0 amide bonds. The molecular weight excluding hydrogens is 280 g/mol. The monoisotopic (exact) mass is 293 g/mol. The van der Waals surface area contributed by atoms with Gasteiger partial charge in [-0.1, -0.05) is 34.5 Å². The van der Waals surface area contributed by atoms with Crippen LogP contribution in [0.3, 0.4) is 0 Å². The van der Waals surface area contributed by atoms with Gasteiger partial charge >= 0.3 is 0 Å². The Labute approximate surface area is 103 Å². The molecule has 0 unspecified atom stereocenters. The average molecular weight is 295 g/mol. The molecular formula is C11H14BrClFN. The van der Waals surface area contributed by atoms with Crippen LogP contribution in [0, 0.1) is 5.82 Å². The Morgan fingerprint density at radius 3 is 2.80 bits per heavy atom. The van der Waals surface area contributed by atoms with Crippen LogP contribution in [0.4, 0.5) is 4.39 Å². The van der Waals surface area contributed by atoms with E-state index in [0.717, 1.165) is 24.0 Å². The van der Waals surface area contributed by atoms with Gasteiger partial charge in [-0.3, -0.25) is 4.90 Å². The number of benzene rings is 1. The number of halogens is 3. The van der Waals surface area contributed by atoms with Crippen LogP contribution < -0.4 is 0 Å². The number of hydrogen-bond acceptors (Lipinski definition) is 1. The molecule has 1 rings (SSSR count). The minimum absolute atomic E-state index is 0.232. The summed E-state index contributed by atoms with van der Waals surface area (Å²) in [5.41, 5.74) is 0.847. The molecule has 0 aliphatic carbocycles. The molecule has 84 valence electrons. The van der Waals surface area contributed by atoms with Gasteiger partial charge in [0.1, 0.15) is 5.82 Å². The summed E-state index contributed by atoms with van der Waals surface area (Å²) in [5, 5.41) is 1.54. The second-order valence-corrected chi connectivity index (χ2v) is 4.49. The van der Waals surface area contributed by atoms with Crippen molar-refractivity contribution in [3.8, 4) is 0 Å². The predicted octanol–water partition coefficient (Wildman–Crippen LogP) is 3.70. The van der Waals surface area contributed by atoms with Crippen LogP contribution in [-0.2, 0) is 6.54 Å². The van der Waals surface area contributed by atoms with E-state index < -0.39 is 0 Å². The number of alkyl halides is 1. The predicted molar refractivity (Wildman–Crippen MR) is 66.2 cm³/mol. The Kier molecular flexibility index (Phi) is 5.58. The lowest BCUT2D eigenvalue weighted by Crippen LogP contribution is -2.25. The van der Waals surface area contributed by atoms with Crippen LogP contribution in [0.15, 0.2) is 18.2 Å². The second-order valence-electron chi connectivity index (χ2n) is 3.29. The van der Waals surface area contributed by atoms with E-state index in [1.165, 1.54) is 12.1 Å². The summed E-state index contributed by atoms with van der Waals surface area (Å²) >= 11 is 9.38. The molecule has 0 aliphatic heterocycles. The van der Waals surface area contributed by atoms with Crippen LogP contribution in [-0.4, -0.2) is 23.3 Å². The second kappa shape index (κ2) is 6.46. The van der Waals surface area contributed by atoms with E-state index in [4.69, 9.17) is 11.6 Å². The fraction of sp³-hybridized carbons (Fsp3) is 0.455. The van der Waals surface area contributed by atoms with Gasteiger partial charge in [0.2, 0.25) is 0 Å². The van der Waals surface area contributed by atoms with Crippen molar-refractivity contribution in [2.45, 2.75) is 13.5 Å². The van der Waals surface area contributed by atoms with Gasteiger partial charge in [0, 0.05) is 23.4 Å². The topological polar surface area (TPSA) is 3.24 Å². The fourth-order valence-corrected chi connectivity index (χ4v) is 2.05. The summed E-state index contributed by atoms with van der Waals surface area (Å²) in [6.45, 7) is 4.64. The maximum absolute atomic E-state index is 13.0. The summed E-state index contributed by atoms with van der Waals surface area (Å²) in [7, 11) is 0. The van der Waals surface area contributed by atoms with Gasteiger partial charge in [0.15, 0.2) is 0 Å². The highest BCUT2D eigenvalue weighted by Crippen LogP contribution is 2.18. The molecule has 0 N–H and O–H groups in total. The highest BCUT2D eigenvalue weighted by atomic mass is 79.9. The highest BCUT2D eigenvalue weighted by molar-refractivity contribution is 9.09. The quantitative estimate of drug-likeness (QED) is 0.749. The third-order valence-corrected chi connectivity index (χ3v) is 2.97. The van der Waals surface area contributed by atoms with Gasteiger partial charge in [-0.15, -0.1) is 0 Å². The van der Waals surface area contributed by atoms with Gasteiger partial charge in [-0.2, -0.15) is 0 Å². The van der Waals surface area contributed by atoms with E-state index >= 15 is 0 Å². The van der Waals surface area contributed by atoms with Crippen molar-refractivity contribution in [2.24, 2.45) is 0 Å². The zero-order valence-corrected chi connectivity index (χ0v) is 11.0. The summed E-state index contributed by atoms with van der Waals surface area (Å²) < 4.78 is 13.0. The van der Waals surface area contributed by atoms with E-state index in [9.17, 15) is 4.39 Å². The van der Waals surface area contributed by atoms with Crippen molar-refractivity contribution in [1.82, 2.24) is 4.90 Å². The molecule has 1 aromatic carbocycles. The molecule has 0 aromatic heterocycles. The van der Waals surface area contributed by atoms with Crippen molar-refractivity contribution in [2.75, 3.05) is 18.4 Å². The molecule has 0 saturated carbocycles. The zero-order chi connectivity index (χ0) is 11.3. The zero-order valence-electron chi connectivity index (χ0n) is 8.64. The summed E-state index contributed by atoms with van der Waals surface area (Å²) in [6, 6.07) is 4.49. The largest absolute Gasteiger partial charge is 0.298 e. The first kappa shape index (κ1) is 12.9. The maximum Gasteiger partial charge on any atom is 0.123 e. The molecule has 0 saturated heterocycles. The van der Waals surface area contributed by atoms with E-state index in [-0.39, 0.29) is 5.82 Å². The highest BCUT2D eigenvalue weighted by Gasteiger charge is 2.07. The standard InChI is InChI=1S/C11H14BrClFN/c1-2-15(6-5-12)8-9-7-10(14)3-4-11(9)13/h3-4,7H,2,5-6,8H2,1H3. The lowest BCUT2D eigenvalue weighted by atomic mass is 10.2. The molecule has 0 bridgehead atoms. The molecule has 1 aromatic rings. The van der Waals surface area contributed by atoms with Gasteiger partial charge in [-0.25, -0.2) is 4.39 Å². The molecule has 15 heavy (non-hydrogen) atoms. The maximum atomic E-state index is 13.0. The van der Waals surface area contributed by atoms with Gasteiger partial charge in [0.05, 0.1) is 0 Å². The van der Waals surface area contributed by atoms with Crippen molar-refractivity contribution in [1.29, 1.82) is 0 Å². The van der Waals surface area contributed by atoms with Gasteiger partial charge in [-0.05, 0) is 30.3 Å². The molecule has 0 fully saturated rings. The first-order valence-electron chi connectivity index (χ1n) is 4.89. The van der Waals surface area contributed by atoms with Crippen LogP contribution >= 0.6 is 27.5 Å². The third-order valence-electron chi connectivity index (χ3n) is 2.25. The third kappa shape index (κ3) is 4.09. The first-order valence-corrected chi connectivity index (χ1v) is 6.39. The van der Waals surface area contributed by atoms with Gasteiger partial charge in [0.25, 0.3) is 0 Å². The van der Waals surface area contributed by atoms with Crippen molar-refractivity contribution in [3.05, 3.63) is 34.6 Å². The number of hydrogen-bond donors (Lipinski definition) is 0. The van der Waals surface area contributed by atoms with Crippen molar-refractivity contribution < 1.29 is 4.39 Å². The van der Waals surface area contributed by atoms with Crippen molar-refractivity contribution in [3.63, 3.8) is 0 Å². The van der Waals surface area contributed by atoms with Gasteiger partial charge < -0.3 is 0 Å².